The lowest BCUT2D eigenvalue weighted by molar-refractivity contribution is -0.385. The largest absolute Gasteiger partial charge is 0.382 e. The number of anilines is 1. The normalized spacial score (nSPS) is 12.5. The van der Waals surface area contributed by atoms with Crippen LogP contribution < -0.4 is 5.32 Å². The number of hydrogen-bond acceptors (Lipinski definition) is 3. The third-order valence-corrected chi connectivity index (χ3v) is 2.90. The Morgan fingerprint density at radius 1 is 1.33 bits per heavy atom. The topological polar surface area (TPSA) is 55.2 Å². The van der Waals surface area contributed by atoms with Crippen LogP contribution in [0.25, 0.3) is 0 Å². The molecular weight excluding hydrogens is 228 g/mol. The molecule has 1 unspecified atom stereocenters. The van der Waals surface area contributed by atoms with Gasteiger partial charge in [-0.3, -0.25) is 10.1 Å². The lowest BCUT2D eigenvalue weighted by atomic mass is 10.0. The van der Waals surface area contributed by atoms with Gasteiger partial charge in [-0.05, 0) is 31.7 Å². The summed E-state index contributed by atoms with van der Waals surface area (Å²) in [4.78, 5) is 10.7. The third-order valence-electron chi connectivity index (χ3n) is 2.90. The van der Waals surface area contributed by atoms with Crippen molar-refractivity contribution in [1.82, 2.24) is 0 Å². The maximum Gasteiger partial charge on any atom is 0.274 e. The molecule has 0 saturated heterocycles. The van der Waals surface area contributed by atoms with Gasteiger partial charge in [0.05, 0.1) is 4.92 Å². The van der Waals surface area contributed by atoms with Crippen LogP contribution in [0.5, 0.6) is 0 Å². The van der Waals surface area contributed by atoms with E-state index in [1.807, 2.05) is 19.1 Å². The first-order valence-corrected chi connectivity index (χ1v) is 6.47. The summed E-state index contributed by atoms with van der Waals surface area (Å²) in [5, 5.41) is 14.3. The molecule has 0 amide bonds. The second kappa shape index (κ2) is 6.38. The number of nitrogens with zero attached hydrogens (tertiary/aromatic N) is 1. The Labute approximate surface area is 109 Å². The van der Waals surface area contributed by atoms with Crippen LogP contribution >= 0.6 is 0 Å². The molecule has 1 aromatic carbocycles. The molecule has 0 aliphatic rings. The molecule has 0 aliphatic carbocycles. The second-order valence-corrected chi connectivity index (χ2v) is 5.13. The van der Waals surface area contributed by atoms with E-state index in [-0.39, 0.29) is 10.6 Å². The molecule has 0 fully saturated rings. The van der Waals surface area contributed by atoms with Crippen LogP contribution in [-0.4, -0.2) is 11.0 Å². The van der Waals surface area contributed by atoms with E-state index in [1.54, 1.807) is 6.07 Å². The van der Waals surface area contributed by atoms with Crippen molar-refractivity contribution in [3.8, 4) is 0 Å². The van der Waals surface area contributed by atoms with E-state index in [0.29, 0.717) is 18.4 Å². The summed E-state index contributed by atoms with van der Waals surface area (Å²) >= 11 is 0. The van der Waals surface area contributed by atoms with Crippen LogP contribution in [0, 0.1) is 16.0 Å². The van der Waals surface area contributed by atoms with Gasteiger partial charge in [-0.1, -0.05) is 26.8 Å². The van der Waals surface area contributed by atoms with Crippen molar-refractivity contribution in [2.75, 3.05) is 5.32 Å². The molecule has 0 saturated carbocycles. The first-order valence-electron chi connectivity index (χ1n) is 6.47. The molecule has 0 radical (unpaired) electrons. The Kier molecular flexibility index (Phi) is 5.13. The van der Waals surface area contributed by atoms with E-state index < -0.39 is 0 Å². The van der Waals surface area contributed by atoms with E-state index >= 15 is 0 Å². The van der Waals surface area contributed by atoms with Gasteiger partial charge in [-0.25, -0.2) is 0 Å². The van der Waals surface area contributed by atoms with E-state index in [2.05, 4.69) is 26.1 Å². The van der Waals surface area contributed by atoms with Crippen LogP contribution in [0.3, 0.4) is 0 Å². The van der Waals surface area contributed by atoms with Gasteiger partial charge in [0.25, 0.3) is 5.69 Å². The van der Waals surface area contributed by atoms with Gasteiger partial charge < -0.3 is 5.32 Å². The Balaban J connectivity index is 2.85. The molecule has 4 heteroatoms. The fraction of sp³-hybridized carbons (Fsp3) is 0.571. The van der Waals surface area contributed by atoms with Gasteiger partial charge >= 0.3 is 0 Å². The molecule has 1 aromatic rings. The molecule has 0 heterocycles. The average Bonchev–Trinajstić information content (AvgIpc) is 2.27. The zero-order valence-electron chi connectivity index (χ0n) is 11.6. The highest BCUT2D eigenvalue weighted by molar-refractivity contribution is 5.55. The fourth-order valence-corrected chi connectivity index (χ4v) is 2.17. The van der Waals surface area contributed by atoms with Crippen LogP contribution in [0.2, 0.25) is 0 Å². The lowest BCUT2D eigenvalue weighted by Gasteiger charge is -2.17. The van der Waals surface area contributed by atoms with Crippen molar-refractivity contribution < 1.29 is 4.92 Å². The van der Waals surface area contributed by atoms with Crippen molar-refractivity contribution in [3.05, 3.63) is 33.9 Å². The summed E-state index contributed by atoms with van der Waals surface area (Å²) < 4.78 is 0. The minimum absolute atomic E-state index is 0.208. The summed E-state index contributed by atoms with van der Waals surface area (Å²) in [6, 6.07) is 5.71. The Bertz CT molecular complexity index is 416. The molecule has 0 spiro atoms. The molecular formula is C14H22N2O2. The molecule has 4 nitrogen and oxygen atoms in total. The monoisotopic (exact) mass is 250 g/mol. The first kappa shape index (κ1) is 14.5. The Hall–Kier alpha value is -1.58. The van der Waals surface area contributed by atoms with Crippen LogP contribution in [0.15, 0.2) is 18.2 Å². The maximum atomic E-state index is 11.0. The highest BCUT2D eigenvalue weighted by Crippen LogP contribution is 2.24. The standard InChI is InChI=1S/C14H22N2O2/c1-5-12-6-7-13(9-14(12)16(17)18)15-11(4)8-10(2)3/h6-7,9-11,15H,5,8H2,1-4H3. The van der Waals surface area contributed by atoms with Gasteiger partial charge in [-0.15, -0.1) is 0 Å². The van der Waals surface area contributed by atoms with Crippen molar-refractivity contribution in [1.29, 1.82) is 0 Å². The molecule has 100 valence electrons. The lowest BCUT2D eigenvalue weighted by Crippen LogP contribution is -2.17. The van der Waals surface area contributed by atoms with E-state index in [9.17, 15) is 10.1 Å². The summed E-state index contributed by atoms with van der Waals surface area (Å²) in [6.07, 6.45) is 1.72. The van der Waals surface area contributed by atoms with Gasteiger partial charge in [0.2, 0.25) is 0 Å². The van der Waals surface area contributed by atoms with E-state index in [1.165, 1.54) is 0 Å². The van der Waals surface area contributed by atoms with Crippen molar-refractivity contribution in [2.45, 2.75) is 46.6 Å². The molecule has 18 heavy (non-hydrogen) atoms. The molecule has 1 rings (SSSR count). The smallest absolute Gasteiger partial charge is 0.274 e. The predicted octanol–water partition coefficient (Wildman–Crippen LogP) is 4.00. The molecule has 0 aliphatic heterocycles. The molecule has 1 atom stereocenters. The zero-order chi connectivity index (χ0) is 13.7. The average molecular weight is 250 g/mol. The van der Waals surface area contributed by atoms with Crippen molar-refractivity contribution >= 4 is 11.4 Å². The Morgan fingerprint density at radius 3 is 2.50 bits per heavy atom. The molecule has 0 bridgehead atoms. The number of hydrogen-bond donors (Lipinski definition) is 1. The van der Waals surface area contributed by atoms with Gasteiger partial charge in [-0.2, -0.15) is 0 Å². The number of nitrogens with one attached hydrogen (secondary N) is 1. The zero-order valence-corrected chi connectivity index (χ0v) is 11.6. The summed E-state index contributed by atoms with van der Waals surface area (Å²) in [7, 11) is 0. The van der Waals surface area contributed by atoms with Gasteiger partial charge in [0, 0.05) is 23.4 Å². The van der Waals surface area contributed by atoms with Crippen LogP contribution in [0.1, 0.15) is 39.7 Å². The quantitative estimate of drug-likeness (QED) is 0.613. The first-order chi connectivity index (χ1) is 8.43. The van der Waals surface area contributed by atoms with Crippen molar-refractivity contribution in [3.63, 3.8) is 0 Å². The van der Waals surface area contributed by atoms with Gasteiger partial charge in [0.1, 0.15) is 0 Å². The van der Waals surface area contributed by atoms with Crippen molar-refractivity contribution in [2.24, 2.45) is 5.92 Å². The highest BCUT2D eigenvalue weighted by Gasteiger charge is 2.14. The maximum absolute atomic E-state index is 11.0. The molecule has 0 aromatic heterocycles. The highest BCUT2D eigenvalue weighted by atomic mass is 16.6. The van der Waals surface area contributed by atoms with E-state index in [4.69, 9.17) is 0 Å². The molecule has 1 N–H and O–H groups in total. The van der Waals surface area contributed by atoms with E-state index in [0.717, 1.165) is 17.7 Å². The minimum atomic E-state index is -0.308. The number of benzene rings is 1. The number of nitro groups is 1. The third kappa shape index (κ3) is 4.02. The SMILES string of the molecule is CCc1ccc(NC(C)CC(C)C)cc1[N+](=O)[O-]. The van der Waals surface area contributed by atoms with Crippen LogP contribution in [-0.2, 0) is 6.42 Å². The van der Waals surface area contributed by atoms with Gasteiger partial charge in [0.15, 0.2) is 0 Å². The predicted molar refractivity (Wildman–Crippen MR) is 75.0 cm³/mol. The summed E-state index contributed by atoms with van der Waals surface area (Å²) in [5.41, 5.74) is 1.81. The van der Waals surface area contributed by atoms with Crippen LogP contribution in [0.4, 0.5) is 11.4 Å². The fourth-order valence-electron chi connectivity index (χ4n) is 2.17. The number of nitro benzene ring substituents is 1. The second-order valence-electron chi connectivity index (χ2n) is 5.13. The summed E-state index contributed by atoms with van der Waals surface area (Å²) in [6.45, 7) is 8.36. The minimum Gasteiger partial charge on any atom is -0.382 e. The number of aryl methyl sites for hydroxylation is 1. The Morgan fingerprint density at radius 2 is 2.00 bits per heavy atom. The summed E-state index contributed by atoms with van der Waals surface area (Å²) in [5.74, 6) is 0.609. The number of rotatable bonds is 6.